The molecular formula is C24H29N5OS. The summed E-state index contributed by atoms with van der Waals surface area (Å²) < 4.78 is 2.52. The highest BCUT2D eigenvalue weighted by molar-refractivity contribution is 7.99. The van der Waals surface area contributed by atoms with Crippen molar-refractivity contribution in [3.8, 4) is 0 Å². The lowest BCUT2D eigenvalue weighted by molar-refractivity contribution is -0.132. The second-order valence-electron chi connectivity index (χ2n) is 9.20. The van der Waals surface area contributed by atoms with Crippen molar-refractivity contribution in [3.05, 3.63) is 41.3 Å². The van der Waals surface area contributed by atoms with Crippen molar-refractivity contribution in [1.82, 2.24) is 24.6 Å². The lowest BCUT2D eigenvalue weighted by Crippen LogP contribution is -2.44. The summed E-state index contributed by atoms with van der Waals surface area (Å²) >= 11 is 1.44. The van der Waals surface area contributed by atoms with Crippen molar-refractivity contribution in [1.29, 1.82) is 0 Å². The molecule has 3 heterocycles. The van der Waals surface area contributed by atoms with Gasteiger partial charge in [-0.2, -0.15) is 5.10 Å². The number of fused-ring (bicyclic) bond motifs is 3. The Morgan fingerprint density at radius 3 is 2.87 bits per heavy atom. The van der Waals surface area contributed by atoms with Crippen LogP contribution in [0.4, 0.5) is 0 Å². The molecule has 0 spiro atoms. The molecule has 0 radical (unpaired) electrons. The first-order chi connectivity index (χ1) is 15.3. The molecule has 1 aliphatic heterocycles. The van der Waals surface area contributed by atoms with E-state index in [1.807, 2.05) is 0 Å². The number of carbonyl (C=O) groups excluding carboxylic acids is 1. The number of rotatable bonds is 4. The zero-order chi connectivity index (χ0) is 20.8. The van der Waals surface area contributed by atoms with Gasteiger partial charge in [-0.15, -0.1) is 0 Å². The van der Waals surface area contributed by atoms with Gasteiger partial charge in [-0.05, 0) is 61.3 Å². The first-order valence-corrected chi connectivity index (χ1v) is 12.7. The molecule has 0 bridgehead atoms. The van der Waals surface area contributed by atoms with Gasteiger partial charge in [0.15, 0.2) is 5.16 Å². The van der Waals surface area contributed by atoms with E-state index in [-0.39, 0.29) is 11.9 Å². The first-order valence-electron chi connectivity index (χ1n) is 11.7. The summed E-state index contributed by atoms with van der Waals surface area (Å²) in [4.78, 5) is 19.4. The lowest BCUT2D eigenvalue weighted by Gasteiger charge is -2.40. The zero-order valence-corrected chi connectivity index (χ0v) is 18.7. The van der Waals surface area contributed by atoms with Crippen LogP contribution in [0.1, 0.15) is 73.7 Å². The number of amides is 1. The van der Waals surface area contributed by atoms with E-state index in [0.29, 0.717) is 10.9 Å². The van der Waals surface area contributed by atoms with E-state index in [1.165, 1.54) is 77.9 Å². The minimum absolute atomic E-state index is 0.207. The number of nitrogens with zero attached hydrogens (tertiary/aromatic N) is 4. The van der Waals surface area contributed by atoms with Crippen LogP contribution < -0.4 is 0 Å². The number of benzene rings is 1. The van der Waals surface area contributed by atoms with E-state index in [1.54, 1.807) is 0 Å². The third-order valence-electron chi connectivity index (χ3n) is 7.52. The maximum atomic E-state index is 13.1. The number of aromatic amines is 1. The number of thioether (sulfide) groups is 1. The van der Waals surface area contributed by atoms with Crippen LogP contribution in [0.15, 0.2) is 29.7 Å². The molecule has 2 aromatic heterocycles. The van der Waals surface area contributed by atoms with Gasteiger partial charge in [0.2, 0.25) is 5.91 Å². The van der Waals surface area contributed by atoms with E-state index in [9.17, 15) is 4.79 Å². The van der Waals surface area contributed by atoms with E-state index < -0.39 is 0 Å². The fourth-order valence-electron chi connectivity index (χ4n) is 6.09. The molecule has 3 aromatic rings. The molecule has 162 valence electrons. The molecule has 2 aliphatic carbocycles. The van der Waals surface area contributed by atoms with Gasteiger partial charge < -0.3 is 9.47 Å². The molecule has 1 aromatic carbocycles. The predicted octanol–water partition coefficient (Wildman–Crippen LogP) is 4.82. The van der Waals surface area contributed by atoms with Crippen LogP contribution in [0.5, 0.6) is 0 Å². The highest BCUT2D eigenvalue weighted by atomic mass is 32.2. The van der Waals surface area contributed by atoms with Gasteiger partial charge in [-0.25, -0.2) is 4.98 Å². The van der Waals surface area contributed by atoms with E-state index >= 15 is 0 Å². The van der Waals surface area contributed by atoms with E-state index in [0.717, 1.165) is 38.3 Å². The zero-order valence-electron chi connectivity index (χ0n) is 17.8. The maximum absolute atomic E-state index is 13.1. The first kappa shape index (κ1) is 19.4. The Morgan fingerprint density at radius 1 is 1.13 bits per heavy atom. The molecule has 0 unspecified atom stereocenters. The summed E-state index contributed by atoms with van der Waals surface area (Å²) in [6.07, 6.45) is 11.6. The standard InChI is InChI=1S/C24H29N5OS/c30-22(14-31-24-25-15-26-27-24)28-11-12-29-20-10-9-17(16-5-2-1-3-6-16)13-19(20)18-7-4-8-21(28)23(18)29/h9-10,13,15-16,21H,1-8,11-12,14H2,(H,25,26,27)/t21-/m0/s1. The van der Waals surface area contributed by atoms with Crippen molar-refractivity contribution < 1.29 is 4.79 Å². The predicted molar refractivity (Wildman–Crippen MR) is 122 cm³/mol. The molecule has 7 heteroatoms. The Bertz CT molecular complexity index is 1100. The smallest absolute Gasteiger partial charge is 0.233 e. The molecule has 6 rings (SSSR count). The molecule has 0 saturated heterocycles. The highest BCUT2D eigenvalue weighted by Crippen LogP contribution is 2.44. The summed E-state index contributed by atoms with van der Waals surface area (Å²) in [7, 11) is 0. The monoisotopic (exact) mass is 435 g/mol. The van der Waals surface area contributed by atoms with Crippen molar-refractivity contribution in [2.75, 3.05) is 12.3 Å². The number of H-pyrrole nitrogens is 1. The van der Waals surface area contributed by atoms with Crippen LogP contribution >= 0.6 is 11.8 Å². The average Bonchev–Trinajstić information content (AvgIpc) is 3.46. The summed E-state index contributed by atoms with van der Waals surface area (Å²) in [5.74, 6) is 1.35. The van der Waals surface area contributed by atoms with Gasteiger partial charge >= 0.3 is 0 Å². The molecule has 1 saturated carbocycles. The van der Waals surface area contributed by atoms with E-state index in [4.69, 9.17) is 0 Å². The topological polar surface area (TPSA) is 66.8 Å². The van der Waals surface area contributed by atoms with Crippen molar-refractivity contribution in [2.24, 2.45) is 0 Å². The van der Waals surface area contributed by atoms with Gasteiger partial charge in [0, 0.05) is 29.7 Å². The minimum Gasteiger partial charge on any atom is -0.341 e. The van der Waals surface area contributed by atoms with Crippen molar-refractivity contribution in [2.45, 2.75) is 75.0 Å². The Hall–Kier alpha value is -2.28. The van der Waals surface area contributed by atoms with Crippen molar-refractivity contribution in [3.63, 3.8) is 0 Å². The van der Waals surface area contributed by atoms with Gasteiger partial charge in [0.1, 0.15) is 6.33 Å². The molecule has 1 atom stereocenters. The van der Waals surface area contributed by atoms with Crippen LogP contribution in [0.2, 0.25) is 0 Å². The second kappa shape index (κ2) is 8.01. The number of nitrogens with one attached hydrogen (secondary N) is 1. The summed E-state index contributed by atoms with van der Waals surface area (Å²) in [5.41, 5.74) is 5.82. The second-order valence-corrected chi connectivity index (χ2v) is 10.2. The normalized spacial score (nSPS) is 21.4. The van der Waals surface area contributed by atoms with Crippen LogP contribution in [-0.2, 0) is 17.8 Å². The Balaban J connectivity index is 1.31. The SMILES string of the molecule is O=C(CSc1ncn[nH]1)N1CCn2c3c(c4cc(C5CCCCC5)ccc42)CCC[C@@H]31. The van der Waals surface area contributed by atoms with Crippen molar-refractivity contribution >= 4 is 28.6 Å². The summed E-state index contributed by atoms with van der Waals surface area (Å²) in [5, 5.41) is 8.87. The number of carbonyl (C=O) groups is 1. The van der Waals surface area contributed by atoms with Gasteiger partial charge in [-0.3, -0.25) is 9.89 Å². The van der Waals surface area contributed by atoms with Gasteiger partial charge in [0.25, 0.3) is 0 Å². The van der Waals surface area contributed by atoms with Crippen LogP contribution in [0.3, 0.4) is 0 Å². The number of aromatic nitrogens is 4. The molecule has 6 nitrogen and oxygen atoms in total. The third kappa shape index (κ3) is 3.37. The summed E-state index contributed by atoms with van der Waals surface area (Å²) in [6.45, 7) is 1.69. The quantitative estimate of drug-likeness (QED) is 0.597. The van der Waals surface area contributed by atoms with E-state index in [2.05, 4.69) is 42.8 Å². The Morgan fingerprint density at radius 2 is 2.03 bits per heavy atom. The van der Waals surface area contributed by atoms with Gasteiger partial charge in [-0.1, -0.05) is 37.1 Å². The number of hydrogen-bond donors (Lipinski definition) is 1. The van der Waals surface area contributed by atoms with Crippen LogP contribution in [0.25, 0.3) is 10.9 Å². The maximum Gasteiger partial charge on any atom is 0.233 e. The fourth-order valence-corrected chi connectivity index (χ4v) is 6.75. The minimum atomic E-state index is 0.207. The molecule has 3 aliphatic rings. The number of aryl methyl sites for hydroxylation is 1. The van der Waals surface area contributed by atoms with Crippen LogP contribution in [-0.4, -0.2) is 42.9 Å². The summed E-state index contributed by atoms with van der Waals surface area (Å²) in [6, 6.07) is 7.46. The molecule has 31 heavy (non-hydrogen) atoms. The number of hydrogen-bond acceptors (Lipinski definition) is 4. The fraction of sp³-hybridized carbons (Fsp3) is 0.542. The highest BCUT2D eigenvalue weighted by Gasteiger charge is 2.37. The largest absolute Gasteiger partial charge is 0.341 e. The Kier molecular flexibility index (Phi) is 5.01. The van der Waals surface area contributed by atoms with Gasteiger partial charge in [0.05, 0.1) is 11.8 Å². The lowest BCUT2D eigenvalue weighted by atomic mass is 9.83. The average molecular weight is 436 g/mol. The molecule has 1 amide bonds. The molecule has 1 fully saturated rings. The molecule has 1 N–H and O–H groups in total. The third-order valence-corrected chi connectivity index (χ3v) is 8.38. The molecular weight excluding hydrogens is 406 g/mol. The Labute approximate surface area is 186 Å². The van der Waals surface area contributed by atoms with Crippen LogP contribution in [0, 0.1) is 0 Å².